The number of aryl methyl sites for hydroxylation is 1. The number of ether oxygens (including phenoxy) is 1. The maximum absolute atomic E-state index is 13.0. The van der Waals surface area contributed by atoms with E-state index in [4.69, 9.17) is 11.2 Å². The van der Waals surface area contributed by atoms with Gasteiger partial charge in [0.05, 0.1) is 23.9 Å². The Hall–Kier alpha value is -3.73. The molecule has 8 nitrogen and oxygen atoms in total. The van der Waals surface area contributed by atoms with Crippen LogP contribution in [-0.4, -0.2) is 59.4 Å². The topological polar surface area (TPSA) is 101 Å². The zero-order chi connectivity index (χ0) is 25.2. The molecule has 0 spiro atoms. The van der Waals surface area contributed by atoms with E-state index in [1.807, 2.05) is 17.9 Å². The Morgan fingerprint density at radius 2 is 2.03 bits per heavy atom. The summed E-state index contributed by atoms with van der Waals surface area (Å²) < 4.78 is 4.76. The first-order valence-corrected chi connectivity index (χ1v) is 11.9. The summed E-state index contributed by atoms with van der Waals surface area (Å²) in [5, 5.41) is 2.95. The summed E-state index contributed by atoms with van der Waals surface area (Å²) in [6.07, 6.45) is 10.7. The van der Waals surface area contributed by atoms with Crippen molar-refractivity contribution in [3.05, 3.63) is 58.7 Å². The van der Waals surface area contributed by atoms with Crippen LogP contribution in [0.2, 0.25) is 0 Å². The van der Waals surface area contributed by atoms with Gasteiger partial charge in [0, 0.05) is 44.6 Å². The number of benzene rings is 1. The van der Waals surface area contributed by atoms with Crippen molar-refractivity contribution in [1.29, 1.82) is 0 Å². The Morgan fingerprint density at radius 3 is 2.74 bits per heavy atom. The molecule has 1 aliphatic rings. The molecule has 2 aromatic rings. The molecule has 8 heteroatoms. The lowest BCUT2D eigenvalue weighted by atomic mass is 9.90. The molecule has 0 unspecified atom stereocenters. The lowest BCUT2D eigenvalue weighted by Gasteiger charge is -2.32. The SMILES string of the molecule is C#CCCCC(=O)N1CCC(c2nc(C)ncc2C(=O)NCCc2cccc(C(=O)OC)c2)CC1. The third-order valence-electron chi connectivity index (χ3n) is 6.18. The third-order valence-corrected chi connectivity index (χ3v) is 6.18. The van der Waals surface area contributed by atoms with Crippen LogP contribution < -0.4 is 5.32 Å². The van der Waals surface area contributed by atoms with Gasteiger partial charge in [-0.2, -0.15) is 0 Å². The Balaban J connectivity index is 1.59. The molecule has 1 aliphatic heterocycles. The third kappa shape index (κ3) is 7.12. The van der Waals surface area contributed by atoms with Crippen molar-refractivity contribution < 1.29 is 19.1 Å². The number of hydrogen-bond acceptors (Lipinski definition) is 6. The first-order chi connectivity index (χ1) is 16.9. The summed E-state index contributed by atoms with van der Waals surface area (Å²) >= 11 is 0. The first kappa shape index (κ1) is 25.9. The van der Waals surface area contributed by atoms with Crippen LogP contribution in [0.3, 0.4) is 0 Å². The van der Waals surface area contributed by atoms with Crippen molar-refractivity contribution >= 4 is 17.8 Å². The minimum absolute atomic E-state index is 0.0870. The number of nitrogens with one attached hydrogen (secondary N) is 1. The zero-order valence-electron chi connectivity index (χ0n) is 20.4. The second-order valence-corrected chi connectivity index (χ2v) is 8.63. The number of piperidine rings is 1. The molecule has 0 saturated carbocycles. The van der Waals surface area contributed by atoms with Crippen LogP contribution in [0.4, 0.5) is 0 Å². The largest absolute Gasteiger partial charge is 0.465 e. The number of rotatable bonds is 9. The number of hydrogen-bond donors (Lipinski definition) is 1. The van der Waals surface area contributed by atoms with Crippen LogP contribution in [0, 0.1) is 19.3 Å². The summed E-state index contributed by atoms with van der Waals surface area (Å²) in [7, 11) is 1.35. The number of carbonyl (C=O) groups is 3. The molecule has 1 saturated heterocycles. The van der Waals surface area contributed by atoms with E-state index >= 15 is 0 Å². The summed E-state index contributed by atoms with van der Waals surface area (Å²) in [6, 6.07) is 7.16. The standard InChI is InChI=1S/C27H32N4O4/c1-4-5-6-10-24(32)31-15-12-21(13-16-31)25-23(18-29-19(2)30-25)26(33)28-14-11-20-8-7-9-22(17-20)27(34)35-3/h1,7-9,17-18,21H,5-6,10-16H2,2-3H3,(H,28,33). The van der Waals surface area contributed by atoms with E-state index in [1.165, 1.54) is 7.11 Å². The maximum Gasteiger partial charge on any atom is 0.337 e. The molecule has 0 aliphatic carbocycles. The van der Waals surface area contributed by atoms with Gasteiger partial charge in [-0.3, -0.25) is 9.59 Å². The van der Waals surface area contributed by atoms with E-state index in [0.717, 1.165) is 24.1 Å². The predicted octanol–water partition coefficient (Wildman–Crippen LogP) is 3.05. The lowest BCUT2D eigenvalue weighted by molar-refractivity contribution is -0.132. The van der Waals surface area contributed by atoms with Gasteiger partial charge in [0.15, 0.2) is 0 Å². The maximum atomic E-state index is 13.0. The van der Waals surface area contributed by atoms with Gasteiger partial charge in [0.25, 0.3) is 5.91 Å². The number of carbonyl (C=O) groups excluding carboxylic acids is 3. The van der Waals surface area contributed by atoms with E-state index in [9.17, 15) is 14.4 Å². The van der Waals surface area contributed by atoms with Gasteiger partial charge >= 0.3 is 5.97 Å². The fourth-order valence-electron chi connectivity index (χ4n) is 4.26. The molecule has 0 bridgehead atoms. The van der Waals surface area contributed by atoms with Crippen molar-refractivity contribution in [1.82, 2.24) is 20.2 Å². The quantitative estimate of drug-likeness (QED) is 0.339. The number of terminal acetylenes is 1. The highest BCUT2D eigenvalue weighted by Crippen LogP contribution is 2.29. The lowest BCUT2D eigenvalue weighted by Crippen LogP contribution is -2.38. The second kappa shape index (κ2) is 12.7. The summed E-state index contributed by atoms with van der Waals surface area (Å²) in [5.41, 5.74) is 2.61. The van der Waals surface area contributed by atoms with E-state index in [0.29, 0.717) is 62.3 Å². The fourth-order valence-corrected chi connectivity index (χ4v) is 4.26. The second-order valence-electron chi connectivity index (χ2n) is 8.63. The van der Waals surface area contributed by atoms with Crippen molar-refractivity contribution in [2.45, 2.75) is 51.4 Å². The van der Waals surface area contributed by atoms with Gasteiger partial charge in [0.2, 0.25) is 5.91 Å². The summed E-state index contributed by atoms with van der Waals surface area (Å²) in [4.78, 5) is 47.9. The van der Waals surface area contributed by atoms with Crippen LogP contribution in [-0.2, 0) is 16.0 Å². The van der Waals surface area contributed by atoms with Crippen molar-refractivity contribution in [2.75, 3.05) is 26.7 Å². The minimum Gasteiger partial charge on any atom is -0.465 e. The molecule has 1 aromatic carbocycles. The summed E-state index contributed by atoms with van der Waals surface area (Å²) in [5.74, 6) is 2.79. The predicted molar refractivity (Wildman–Crippen MR) is 132 cm³/mol. The Bertz CT molecular complexity index is 1100. The monoisotopic (exact) mass is 476 g/mol. The molecular formula is C27H32N4O4. The molecule has 1 N–H and O–H groups in total. The van der Waals surface area contributed by atoms with E-state index in [1.54, 1.807) is 24.4 Å². The average Bonchev–Trinajstić information content (AvgIpc) is 2.88. The molecule has 1 aromatic heterocycles. The molecule has 184 valence electrons. The molecule has 2 amide bonds. The van der Waals surface area contributed by atoms with Crippen molar-refractivity contribution in [3.8, 4) is 12.3 Å². The highest BCUT2D eigenvalue weighted by Gasteiger charge is 2.28. The van der Waals surface area contributed by atoms with E-state index in [-0.39, 0.29) is 17.7 Å². The molecule has 0 radical (unpaired) electrons. The Labute approximate surface area is 206 Å². The molecule has 35 heavy (non-hydrogen) atoms. The van der Waals surface area contributed by atoms with Gasteiger partial charge < -0.3 is 15.0 Å². The molecule has 1 fully saturated rings. The first-order valence-electron chi connectivity index (χ1n) is 11.9. The molecule has 3 rings (SSSR count). The number of aromatic nitrogens is 2. The van der Waals surface area contributed by atoms with Crippen LogP contribution >= 0.6 is 0 Å². The fraction of sp³-hybridized carbons (Fsp3) is 0.444. The number of amides is 2. The highest BCUT2D eigenvalue weighted by molar-refractivity contribution is 5.95. The van der Waals surface area contributed by atoms with Crippen LogP contribution in [0.25, 0.3) is 0 Å². The van der Waals surface area contributed by atoms with Gasteiger partial charge in [-0.15, -0.1) is 12.3 Å². The number of unbranched alkanes of at least 4 members (excludes halogenated alkanes) is 1. The number of esters is 1. The Morgan fingerprint density at radius 1 is 1.26 bits per heavy atom. The molecular weight excluding hydrogens is 444 g/mol. The smallest absolute Gasteiger partial charge is 0.337 e. The zero-order valence-corrected chi connectivity index (χ0v) is 20.4. The van der Waals surface area contributed by atoms with Gasteiger partial charge in [0.1, 0.15) is 5.82 Å². The van der Waals surface area contributed by atoms with Crippen LogP contribution in [0.1, 0.15) is 75.8 Å². The molecule has 2 heterocycles. The van der Waals surface area contributed by atoms with Crippen molar-refractivity contribution in [2.24, 2.45) is 0 Å². The van der Waals surface area contributed by atoms with Crippen LogP contribution in [0.5, 0.6) is 0 Å². The van der Waals surface area contributed by atoms with E-state index < -0.39 is 5.97 Å². The molecule has 0 atom stereocenters. The minimum atomic E-state index is -0.391. The number of methoxy groups -OCH3 is 1. The normalized spacial score (nSPS) is 13.7. The highest BCUT2D eigenvalue weighted by atomic mass is 16.5. The van der Waals surface area contributed by atoms with E-state index in [2.05, 4.69) is 21.2 Å². The summed E-state index contributed by atoms with van der Waals surface area (Å²) in [6.45, 7) is 3.49. The average molecular weight is 477 g/mol. The number of nitrogens with zero attached hydrogens (tertiary/aromatic N) is 3. The van der Waals surface area contributed by atoms with Gasteiger partial charge in [-0.05, 0) is 50.3 Å². The Kier molecular flexibility index (Phi) is 9.36. The van der Waals surface area contributed by atoms with Crippen LogP contribution in [0.15, 0.2) is 30.5 Å². The van der Waals surface area contributed by atoms with Crippen molar-refractivity contribution in [3.63, 3.8) is 0 Å². The van der Waals surface area contributed by atoms with Gasteiger partial charge in [-0.25, -0.2) is 14.8 Å². The van der Waals surface area contributed by atoms with Gasteiger partial charge in [-0.1, -0.05) is 12.1 Å². The number of likely N-dealkylation sites (tertiary alicyclic amines) is 1.